The summed E-state index contributed by atoms with van der Waals surface area (Å²) in [6.07, 6.45) is 2.96. The molecule has 1 atom stereocenters. The van der Waals surface area contributed by atoms with Crippen molar-refractivity contribution in [1.82, 2.24) is 15.5 Å². The van der Waals surface area contributed by atoms with Crippen LogP contribution >= 0.6 is 0 Å². The van der Waals surface area contributed by atoms with Crippen molar-refractivity contribution in [1.29, 1.82) is 0 Å². The normalized spacial score (nSPS) is 20.1. The van der Waals surface area contributed by atoms with Gasteiger partial charge in [-0.1, -0.05) is 6.92 Å². The lowest BCUT2D eigenvalue weighted by Gasteiger charge is -2.33. The topological polar surface area (TPSA) is 61.4 Å². The van der Waals surface area contributed by atoms with Crippen molar-refractivity contribution < 1.29 is 9.59 Å². The zero-order valence-corrected chi connectivity index (χ0v) is 10.8. The van der Waals surface area contributed by atoms with E-state index in [1.165, 1.54) is 6.92 Å². The van der Waals surface area contributed by atoms with Crippen LogP contribution in [-0.2, 0) is 9.59 Å². The van der Waals surface area contributed by atoms with E-state index in [9.17, 15) is 9.59 Å². The molecule has 0 aromatic rings. The smallest absolute Gasteiger partial charge is 0.236 e. The van der Waals surface area contributed by atoms with Gasteiger partial charge in [0, 0.05) is 26.1 Å². The first-order valence-corrected chi connectivity index (χ1v) is 6.39. The van der Waals surface area contributed by atoms with Crippen molar-refractivity contribution in [3.63, 3.8) is 0 Å². The molecule has 98 valence electrons. The molecule has 0 bridgehead atoms. The molecule has 1 heterocycles. The van der Waals surface area contributed by atoms with E-state index in [2.05, 4.69) is 17.6 Å². The number of nitrogens with one attached hydrogen (secondary N) is 2. The molecule has 1 saturated heterocycles. The highest BCUT2D eigenvalue weighted by Crippen LogP contribution is 2.09. The number of carbonyl (C=O) groups is 2. The molecule has 1 aliphatic heterocycles. The van der Waals surface area contributed by atoms with Gasteiger partial charge in [0.15, 0.2) is 0 Å². The molecule has 5 heteroatoms. The van der Waals surface area contributed by atoms with Crippen molar-refractivity contribution >= 4 is 11.8 Å². The van der Waals surface area contributed by atoms with Gasteiger partial charge in [-0.25, -0.2) is 0 Å². The van der Waals surface area contributed by atoms with Gasteiger partial charge in [0.1, 0.15) is 0 Å². The Balaban J connectivity index is 2.32. The fraction of sp³-hybridized carbons (Fsp3) is 0.833. The van der Waals surface area contributed by atoms with Crippen molar-refractivity contribution in [2.24, 2.45) is 0 Å². The summed E-state index contributed by atoms with van der Waals surface area (Å²) in [5.41, 5.74) is 0. The zero-order chi connectivity index (χ0) is 12.7. The Morgan fingerprint density at radius 3 is 2.82 bits per heavy atom. The Bertz CT molecular complexity index is 268. The minimum absolute atomic E-state index is 0.0200. The van der Waals surface area contributed by atoms with Crippen molar-refractivity contribution in [3.8, 4) is 0 Å². The maximum Gasteiger partial charge on any atom is 0.236 e. The molecule has 1 unspecified atom stereocenters. The number of piperidine rings is 1. The molecular weight excluding hydrogens is 218 g/mol. The van der Waals surface area contributed by atoms with Gasteiger partial charge in [0.05, 0.1) is 6.54 Å². The van der Waals surface area contributed by atoms with Gasteiger partial charge in [0.25, 0.3) is 0 Å². The summed E-state index contributed by atoms with van der Waals surface area (Å²) in [5.74, 6) is 0.113. The lowest BCUT2D eigenvalue weighted by atomic mass is 10.1. The van der Waals surface area contributed by atoms with Gasteiger partial charge in [0.2, 0.25) is 11.8 Å². The molecule has 0 aliphatic carbocycles. The Labute approximate surface area is 103 Å². The van der Waals surface area contributed by atoms with Crippen LogP contribution in [0.3, 0.4) is 0 Å². The highest BCUT2D eigenvalue weighted by molar-refractivity contribution is 5.78. The van der Waals surface area contributed by atoms with E-state index < -0.39 is 0 Å². The number of likely N-dealkylation sites (tertiary alicyclic amines) is 1. The van der Waals surface area contributed by atoms with Gasteiger partial charge in [-0.2, -0.15) is 0 Å². The predicted molar refractivity (Wildman–Crippen MR) is 66.6 cm³/mol. The predicted octanol–water partition coefficient (Wildman–Crippen LogP) is 0.113. The van der Waals surface area contributed by atoms with Crippen LogP contribution in [0.5, 0.6) is 0 Å². The van der Waals surface area contributed by atoms with Crippen LogP contribution in [0.4, 0.5) is 0 Å². The molecule has 0 saturated carbocycles. The quantitative estimate of drug-likeness (QED) is 0.672. The molecule has 0 spiro atoms. The van der Waals surface area contributed by atoms with Crippen molar-refractivity contribution in [3.05, 3.63) is 0 Å². The third-order valence-corrected chi connectivity index (χ3v) is 2.88. The second-order valence-corrected chi connectivity index (χ2v) is 4.56. The maximum absolute atomic E-state index is 11.9. The standard InChI is InChI=1S/C12H23N3O2/c1-3-6-13-8-12(17)15-7-4-5-11(9-15)14-10(2)16/h11,13H,3-9H2,1-2H3,(H,14,16). The Morgan fingerprint density at radius 1 is 1.41 bits per heavy atom. The van der Waals surface area contributed by atoms with Crippen molar-refractivity contribution in [2.75, 3.05) is 26.2 Å². The van der Waals surface area contributed by atoms with E-state index in [1.54, 1.807) is 0 Å². The first-order valence-electron chi connectivity index (χ1n) is 6.39. The van der Waals surface area contributed by atoms with E-state index >= 15 is 0 Å². The van der Waals surface area contributed by atoms with Gasteiger partial charge < -0.3 is 15.5 Å². The van der Waals surface area contributed by atoms with Gasteiger partial charge in [-0.15, -0.1) is 0 Å². The Morgan fingerprint density at radius 2 is 2.18 bits per heavy atom. The average molecular weight is 241 g/mol. The van der Waals surface area contributed by atoms with Crippen LogP contribution < -0.4 is 10.6 Å². The lowest BCUT2D eigenvalue weighted by Crippen LogP contribution is -2.51. The average Bonchev–Trinajstić information content (AvgIpc) is 2.28. The van der Waals surface area contributed by atoms with Crippen LogP contribution in [0.25, 0.3) is 0 Å². The summed E-state index contributed by atoms with van der Waals surface area (Å²) in [5, 5.41) is 5.99. The van der Waals surface area contributed by atoms with Gasteiger partial charge in [-0.3, -0.25) is 9.59 Å². The minimum Gasteiger partial charge on any atom is -0.352 e. The van der Waals surface area contributed by atoms with E-state index in [0.29, 0.717) is 13.1 Å². The minimum atomic E-state index is -0.0200. The zero-order valence-electron chi connectivity index (χ0n) is 10.8. The summed E-state index contributed by atoms with van der Waals surface area (Å²) >= 11 is 0. The van der Waals surface area contributed by atoms with E-state index in [0.717, 1.165) is 32.4 Å². The number of rotatable bonds is 5. The summed E-state index contributed by atoms with van der Waals surface area (Å²) < 4.78 is 0. The molecule has 1 rings (SSSR count). The van der Waals surface area contributed by atoms with E-state index in [1.807, 2.05) is 4.90 Å². The van der Waals surface area contributed by atoms with E-state index in [4.69, 9.17) is 0 Å². The third-order valence-electron chi connectivity index (χ3n) is 2.88. The lowest BCUT2D eigenvalue weighted by molar-refractivity contribution is -0.132. The molecule has 5 nitrogen and oxygen atoms in total. The summed E-state index contributed by atoms with van der Waals surface area (Å²) in [6, 6.07) is 0.122. The van der Waals surface area contributed by atoms with Crippen LogP contribution in [-0.4, -0.2) is 48.9 Å². The molecule has 0 aromatic carbocycles. The number of carbonyl (C=O) groups excluding carboxylic acids is 2. The molecular formula is C12H23N3O2. The monoisotopic (exact) mass is 241 g/mol. The van der Waals surface area contributed by atoms with Crippen LogP contribution in [0.2, 0.25) is 0 Å². The second-order valence-electron chi connectivity index (χ2n) is 4.56. The van der Waals surface area contributed by atoms with Crippen LogP contribution in [0.1, 0.15) is 33.1 Å². The van der Waals surface area contributed by atoms with Gasteiger partial charge >= 0.3 is 0 Å². The number of nitrogens with zero attached hydrogens (tertiary/aromatic N) is 1. The second kappa shape index (κ2) is 7.27. The Hall–Kier alpha value is -1.10. The highest BCUT2D eigenvalue weighted by atomic mass is 16.2. The largest absolute Gasteiger partial charge is 0.352 e. The van der Waals surface area contributed by atoms with Gasteiger partial charge in [-0.05, 0) is 25.8 Å². The van der Waals surface area contributed by atoms with Crippen LogP contribution in [0.15, 0.2) is 0 Å². The number of amides is 2. The highest BCUT2D eigenvalue weighted by Gasteiger charge is 2.23. The third kappa shape index (κ3) is 5.17. The number of hydrogen-bond acceptors (Lipinski definition) is 3. The first kappa shape index (κ1) is 14.0. The fourth-order valence-corrected chi connectivity index (χ4v) is 2.09. The summed E-state index contributed by atoms with van der Waals surface area (Å²) in [6.45, 7) is 6.32. The summed E-state index contributed by atoms with van der Waals surface area (Å²) in [7, 11) is 0. The Kier molecular flexibility index (Phi) is 5.97. The molecule has 0 radical (unpaired) electrons. The van der Waals surface area contributed by atoms with E-state index in [-0.39, 0.29) is 17.9 Å². The summed E-state index contributed by atoms with van der Waals surface area (Å²) in [4.78, 5) is 24.7. The molecule has 2 amide bonds. The molecule has 1 aliphatic rings. The van der Waals surface area contributed by atoms with Crippen LogP contribution in [0, 0.1) is 0 Å². The molecule has 2 N–H and O–H groups in total. The SMILES string of the molecule is CCCNCC(=O)N1CCCC(NC(C)=O)C1. The number of hydrogen-bond donors (Lipinski definition) is 2. The van der Waals surface area contributed by atoms with Crippen molar-refractivity contribution in [2.45, 2.75) is 39.2 Å². The fourth-order valence-electron chi connectivity index (χ4n) is 2.09. The maximum atomic E-state index is 11.9. The molecule has 0 aromatic heterocycles. The first-order chi connectivity index (χ1) is 8.13. The molecule has 1 fully saturated rings. The molecule has 17 heavy (non-hydrogen) atoms.